The number of hydrogen-bond donors (Lipinski definition) is 1. The molecule has 0 saturated carbocycles. The molecule has 1 N–H and O–H groups in total. The van der Waals surface area contributed by atoms with Crippen LogP contribution in [0.25, 0.3) is 0 Å². The first-order valence-electron chi connectivity index (χ1n) is 8.15. The average molecular weight is 336 g/mol. The number of likely N-dealkylation sites (N-methyl/N-ethyl adjacent to an activating group) is 1. The van der Waals surface area contributed by atoms with E-state index in [1.54, 1.807) is 16.6 Å². The largest absolute Gasteiger partial charge is 0.444 e. The highest BCUT2D eigenvalue weighted by Gasteiger charge is 2.35. The number of rotatable bonds is 0. The number of ether oxygens (including phenoxy) is 1. The van der Waals surface area contributed by atoms with Crippen LogP contribution in [-0.2, 0) is 24.2 Å². The molecule has 8 heteroatoms. The van der Waals surface area contributed by atoms with E-state index in [-0.39, 0.29) is 25.1 Å². The molecule has 3 heterocycles. The van der Waals surface area contributed by atoms with Gasteiger partial charge in [-0.1, -0.05) is 0 Å². The van der Waals surface area contributed by atoms with Crippen LogP contribution in [0.5, 0.6) is 0 Å². The number of β-amino-alcohol motifs (C(OH)–C–C–N with tert-alkyl or cyclic N) is 1. The van der Waals surface area contributed by atoms with Crippen LogP contribution in [0.4, 0.5) is 4.79 Å². The SMILES string of the molecule is CN1C[C@H](O)Cn2nc3c(c2C1=O)CN(C(=O)OC(C)(C)C)CC3. The summed E-state index contributed by atoms with van der Waals surface area (Å²) in [6.07, 6.45) is -0.465. The van der Waals surface area contributed by atoms with Crippen molar-refractivity contribution in [3.63, 3.8) is 0 Å². The predicted octanol–water partition coefficient (Wildman–Crippen LogP) is 0.623. The molecule has 0 fully saturated rings. The zero-order chi connectivity index (χ0) is 17.6. The first-order valence-corrected chi connectivity index (χ1v) is 8.15. The van der Waals surface area contributed by atoms with Gasteiger partial charge in [0.25, 0.3) is 5.91 Å². The number of nitrogens with zero attached hydrogens (tertiary/aromatic N) is 4. The lowest BCUT2D eigenvalue weighted by molar-refractivity contribution is 0.0222. The summed E-state index contributed by atoms with van der Waals surface area (Å²) >= 11 is 0. The number of hydrogen-bond acceptors (Lipinski definition) is 5. The Morgan fingerprint density at radius 1 is 1.33 bits per heavy atom. The lowest BCUT2D eigenvalue weighted by Crippen LogP contribution is -2.40. The molecule has 0 bridgehead atoms. The smallest absolute Gasteiger partial charge is 0.410 e. The summed E-state index contributed by atoms with van der Waals surface area (Å²) in [7, 11) is 1.66. The van der Waals surface area contributed by atoms with Crippen LogP contribution in [0.3, 0.4) is 0 Å². The summed E-state index contributed by atoms with van der Waals surface area (Å²) in [5.41, 5.74) is 1.49. The van der Waals surface area contributed by atoms with E-state index in [1.807, 2.05) is 20.8 Å². The zero-order valence-corrected chi connectivity index (χ0v) is 14.6. The van der Waals surface area contributed by atoms with Crippen LogP contribution < -0.4 is 0 Å². The summed E-state index contributed by atoms with van der Waals surface area (Å²) in [5.74, 6) is -0.175. The third kappa shape index (κ3) is 3.10. The van der Waals surface area contributed by atoms with Crippen molar-refractivity contribution in [1.82, 2.24) is 19.6 Å². The third-order valence-electron chi connectivity index (χ3n) is 4.17. The Morgan fingerprint density at radius 3 is 2.71 bits per heavy atom. The number of carbonyl (C=O) groups is 2. The molecule has 2 aliphatic heterocycles. The Labute approximate surface area is 141 Å². The van der Waals surface area contributed by atoms with Crippen molar-refractivity contribution in [3.8, 4) is 0 Å². The number of aliphatic hydroxyl groups excluding tert-OH is 1. The second-order valence-electron chi connectivity index (χ2n) is 7.45. The fraction of sp³-hybridized carbons (Fsp3) is 0.688. The van der Waals surface area contributed by atoms with Gasteiger partial charge >= 0.3 is 6.09 Å². The molecule has 0 unspecified atom stereocenters. The van der Waals surface area contributed by atoms with E-state index in [0.717, 1.165) is 11.3 Å². The summed E-state index contributed by atoms with van der Waals surface area (Å²) in [5, 5.41) is 14.5. The minimum absolute atomic E-state index is 0.175. The first kappa shape index (κ1) is 16.8. The van der Waals surface area contributed by atoms with E-state index in [2.05, 4.69) is 5.10 Å². The third-order valence-corrected chi connectivity index (χ3v) is 4.17. The van der Waals surface area contributed by atoms with Gasteiger partial charge in [-0.2, -0.15) is 5.10 Å². The average Bonchev–Trinajstić information content (AvgIpc) is 2.75. The summed E-state index contributed by atoms with van der Waals surface area (Å²) in [4.78, 5) is 28.1. The number of carbonyl (C=O) groups excluding carboxylic acids is 2. The molecule has 1 aromatic rings. The van der Waals surface area contributed by atoms with E-state index in [0.29, 0.717) is 25.2 Å². The number of aromatic nitrogens is 2. The van der Waals surface area contributed by atoms with Gasteiger partial charge < -0.3 is 19.6 Å². The van der Waals surface area contributed by atoms with Gasteiger partial charge in [-0.25, -0.2) is 4.79 Å². The summed E-state index contributed by atoms with van der Waals surface area (Å²) in [6.45, 7) is 6.84. The Balaban J connectivity index is 1.89. The van der Waals surface area contributed by atoms with E-state index in [1.165, 1.54) is 4.90 Å². The van der Waals surface area contributed by atoms with Crippen molar-refractivity contribution >= 4 is 12.0 Å². The molecule has 0 aromatic carbocycles. The van der Waals surface area contributed by atoms with Crippen molar-refractivity contribution in [1.29, 1.82) is 0 Å². The number of aliphatic hydroxyl groups is 1. The van der Waals surface area contributed by atoms with Gasteiger partial charge in [-0.3, -0.25) is 9.48 Å². The summed E-state index contributed by atoms with van der Waals surface area (Å²) in [6, 6.07) is 0. The van der Waals surface area contributed by atoms with Gasteiger partial charge in [0.1, 0.15) is 11.3 Å². The minimum atomic E-state index is -0.650. The van der Waals surface area contributed by atoms with Gasteiger partial charge in [0.05, 0.1) is 24.9 Å². The van der Waals surface area contributed by atoms with Gasteiger partial charge in [0.15, 0.2) is 0 Å². The molecule has 2 aliphatic rings. The van der Waals surface area contributed by atoms with E-state index in [4.69, 9.17) is 4.74 Å². The molecule has 0 aliphatic carbocycles. The molecule has 132 valence electrons. The molecular weight excluding hydrogens is 312 g/mol. The maximum Gasteiger partial charge on any atom is 0.410 e. The Hall–Kier alpha value is -2.09. The quantitative estimate of drug-likeness (QED) is 0.750. The molecule has 1 atom stereocenters. The molecule has 0 radical (unpaired) electrons. The zero-order valence-electron chi connectivity index (χ0n) is 14.6. The molecule has 3 rings (SSSR count). The van der Waals surface area contributed by atoms with Crippen LogP contribution in [-0.4, -0.2) is 68.5 Å². The van der Waals surface area contributed by atoms with Crippen LogP contribution in [0.1, 0.15) is 42.5 Å². The van der Waals surface area contributed by atoms with Crippen molar-refractivity contribution in [2.24, 2.45) is 0 Å². The minimum Gasteiger partial charge on any atom is -0.444 e. The second kappa shape index (κ2) is 5.77. The highest BCUT2D eigenvalue weighted by atomic mass is 16.6. The molecule has 24 heavy (non-hydrogen) atoms. The molecule has 0 saturated heterocycles. The lowest BCUT2D eigenvalue weighted by atomic mass is 10.1. The molecule has 1 aromatic heterocycles. The Morgan fingerprint density at radius 2 is 2.04 bits per heavy atom. The van der Waals surface area contributed by atoms with Crippen LogP contribution in [0.15, 0.2) is 0 Å². The Bertz CT molecular complexity index is 676. The van der Waals surface area contributed by atoms with Gasteiger partial charge in [0.2, 0.25) is 0 Å². The first-order chi connectivity index (χ1) is 11.2. The maximum absolute atomic E-state index is 12.6. The number of fused-ring (bicyclic) bond motifs is 3. The fourth-order valence-corrected chi connectivity index (χ4v) is 3.12. The van der Waals surface area contributed by atoms with Gasteiger partial charge in [-0.15, -0.1) is 0 Å². The molecule has 2 amide bonds. The summed E-state index contributed by atoms with van der Waals surface area (Å²) < 4.78 is 7.01. The van der Waals surface area contributed by atoms with Crippen LogP contribution >= 0.6 is 0 Å². The standard InChI is InChI=1S/C16H24N4O4/c1-16(2,3)24-15(23)19-6-5-12-11(9-19)13-14(22)18(4)7-10(21)8-20(13)17-12/h10,21H,5-9H2,1-4H3/t10-/m0/s1. The monoisotopic (exact) mass is 336 g/mol. The lowest BCUT2D eigenvalue weighted by Gasteiger charge is -2.30. The van der Waals surface area contributed by atoms with Gasteiger partial charge in [0, 0.05) is 32.1 Å². The van der Waals surface area contributed by atoms with Crippen molar-refractivity contribution in [3.05, 3.63) is 17.0 Å². The highest BCUT2D eigenvalue weighted by molar-refractivity contribution is 5.94. The van der Waals surface area contributed by atoms with E-state index in [9.17, 15) is 14.7 Å². The van der Waals surface area contributed by atoms with Crippen molar-refractivity contribution in [2.45, 2.75) is 52.0 Å². The molecular formula is C16H24N4O4. The van der Waals surface area contributed by atoms with Gasteiger partial charge in [-0.05, 0) is 20.8 Å². The molecule has 0 spiro atoms. The van der Waals surface area contributed by atoms with E-state index < -0.39 is 11.7 Å². The number of amides is 2. The van der Waals surface area contributed by atoms with Crippen LogP contribution in [0, 0.1) is 0 Å². The fourth-order valence-electron chi connectivity index (χ4n) is 3.12. The molecule has 8 nitrogen and oxygen atoms in total. The Kier molecular flexibility index (Phi) is 4.03. The van der Waals surface area contributed by atoms with E-state index >= 15 is 0 Å². The predicted molar refractivity (Wildman–Crippen MR) is 85.5 cm³/mol. The van der Waals surface area contributed by atoms with Crippen LogP contribution in [0.2, 0.25) is 0 Å². The second-order valence-corrected chi connectivity index (χ2v) is 7.45. The maximum atomic E-state index is 12.6. The highest BCUT2D eigenvalue weighted by Crippen LogP contribution is 2.26. The topological polar surface area (TPSA) is 87.9 Å². The van der Waals surface area contributed by atoms with Crippen molar-refractivity contribution < 1.29 is 19.4 Å². The normalized spacial score (nSPS) is 21.2. The van der Waals surface area contributed by atoms with Crippen molar-refractivity contribution in [2.75, 3.05) is 20.1 Å².